The fourth-order valence-corrected chi connectivity index (χ4v) is 3.92. The Morgan fingerprint density at radius 3 is 1.96 bits per heavy atom. The highest BCUT2D eigenvalue weighted by Gasteiger charge is 2.72. The van der Waals surface area contributed by atoms with Crippen LogP contribution in [0.1, 0.15) is 33.3 Å². The molecule has 0 radical (unpaired) electrons. The minimum Gasteiger partial charge on any atom is -0.358 e. The highest BCUT2D eigenvalue weighted by molar-refractivity contribution is 9.10. The summed E-state index contributed by atoms with van der Waals surface area (Å²) >= 11 is 9.34. The van der Waals surface area contributed by atoms with Gasteiger partial charge in [0.15, 0.2) is 5.60 Å². The molecule has 2 aromatic carbocycles. The van der Waals surface area contributed by atoms with E-state index >= 15 is 0 Å². The van der Waals surface area contributed by atoms with Crippen molar-refractivity contribution in [1.82, 2.24) is 0 Å². The summed E-state index contributed by atoms with van der Waals surface area (Å²) in [6.45, 7) is 10.0. The van der Waals surface area contributed by atoms with Crippen molar-refractivity contribution >= 4 is 33.3 Å². The molecule has 2 heterocycles. The molecule has 0 amide bonds. The van der Waals surface area contributed by atoms with Crippen LogP contribution in [0.3, 0.4) is 0 Å². The molecule has 3 nitrogen and oxygen atoms in total. The van der Waals surface area contributed by atoms with Crippen molar-refractivity contribution in [2.45, 2.75) is 51.4 Å². The van der Waals surface area contributed by atoms with Gasteiger partial charge >= 0.3 is 0 Å². The van der Waals surface area contributed by atoms with Gasteiger partial charge in [0.05, 0.1) is 6.61 Å². The van der Waals surface area contributed by atoms with Crippen LogP contribution >= 0.6 is 27.5 Å². The second kappa shape index (κ2) is 7.00. The molecular formula is C22H24BrClO3. The Kier molecular flexibility index (Phi) is 5.32. The van der Waals surface area contributed by atoms with E-state index in [0.29, 0.717) is 6.61 Å². The van der Waals surface area contributed by atoms with E-state index in [1.807, 2.05) is 38.1 Å². The molecule has 27 heavy (non-hydrogen) atoms. The number of epoxide rings is 1. The van der Waals surface area contributed by atoms with Crippen molar-refractivity contribution in [1.29, 1.82) is 0 Å². The summed E-state index contributed by atoms with van der Waals surface area (Å²) in [4.78, 5) is 11.8. The van der Waals surface area contributed by atoms with Crippen LogP contribution in [0, 0.1) is 6.92 Å². The van der Waals surface area contributed by atoms with Crippen molar-refractivity contribution in [2.75, 3.05) is 6.61 Å². The first-order valence-electron chi connectivity index (χ1n) is 8.90. The predicted molar refractivity (Wildman–Crippen MR) is 112 cm³/mol. The average Bonchev–Trinajstić information content (AvgIpc) is 3.37. The zero-order chi connectivity index (χ0) is 20.0. The normalized spacial score (nSPS) is 24.5. The first-order chi connectivity index (χ1) is 12.5. The zero-order valence-corrected chi connectivity index (χ0v) is 18.6. The third kappa shape index (κ3) is 3.86. The minimum absolute atomic E-state index is 0.0833. The summed E-state index contributed by atoms with van der Waals surface area (Å²) < 4.78 is 12.0. The quantitative estimate of drug-likeness (QED) is 0.500. The van der Waals surface area contributed by atoms with Gasteiger partial charge in [-0.3, -0.25) is 4.79 Å². The number of aryl methyl sites for hydroxylation is 1. The molecule has 1 atom stereocenters. The summed E-state index contributed by atoms with van der Waals surface area (Å²) in [5.74, 6) is 0.0833. The Balaban J connectivity index is 0.000000159. The lowest BCUT2D eigenvalue weighted by atomic mass is 9.86. The number of hydrogen-bond acceptors (Lipinski definition) is 3. The molecule has 144 valence electrons. The largest absolute Gasteiger partial charge is 0.358 e. The molecule has 0 bridgehead atoms. The summed E-state index contributed by atoms with van der Waals surface area (Å²) in [6, 6.07) is 14.2. The van der Waals surface area contributed by atoms with Gasteiger partial charge in [-0.2, -0.15) is 0 Å². The molecule has 0 N–H and O–H groups in total. The van der Waals surface area contributed by atoms with Gasteiger partial charge < -0.3 is 9.47 Å². The van der Waals surface area contributed by atoms with Crippen LogP contribution in [0.4, 0.5) is 0 Å². The van der Waals surface area contributed by atoms with E-state index in [-0.39, 0.29) is 5.78 Å². The van der Waals surface area contributed by atoms with Crippen LogP contribution in [0.5, 0.6) is 0 Å². The lowest BCUT2D eigenvalue weighted by molar-refractivity contribution is -0.132. The average molecular weight is 452 g/mol. The van der Waals surface area contributed by atoms with E-state index < -0.39 is 16.8 Å². The highest BCUT2D eigenvalue weighted by atomic mass is 79.9. The standard InChI is InChI=1S/C13H10BrCl.C9H14O3/c1-9-8-11(4-7-13(9)14)10-2-5-12(15)6-3-10;1-7(2)6(10)9(5-11-9)8(3,4)12-7/h2-8H,1H3;5H2,1-4H3. The molecular weight excluding hydrogens is 428 g/mol. The van der Waals surface area contributed by atoms with Crippen molar-refractivity contribution in [2.24, 2.45) is 0 Å². The molecule has 5 heteroatoms. The van der Waals surface area contributed by atoms with Crippen molar-refractivity contribution in [3.63, 3.8) is 0 Å². The molecule has 0 aromatic heterocycles. The number of benzene rings is 2. The second-order valence-electron chi connectivity index (χ2n) is 8.04. The van der Waals surface area contributed by atoms with Gasteiger partial charge in [-0.25, -0.2) is 0 Å². The molecule has 2 saturated heterocycles. The lowest BCUT2D eigenvalue weighted by Gasteiger charge is -2.23. The van der Waals surface area contributed by atoms with Crippen LogP contribution in [0.25, 0.3) is 11.1 Å². The third-order valence-corrected chi connectivity index (χ3v) is 6.31. The fourth-order valence-electron chi connectivity index (χ4n) is 3.54. The number of halogens is 2. The molecule has 0 saturated carbocycles. The van der Waals surface area contributed by atoms with Gasteiger partial charge in [0.25, 0.3) is 0 Å². The number of rotatable bonds is 1. The van der Waals surface area contributed by atoms with Crippen LogP contribution < -0.4 is 0 Å². The molecule has 2 fully saturated rings. The lowest BCUT2D eigenvalue weighted by Crippen LogP contribution is -2.40. The Hall–Kier alpha value is -1.20. The maximum Gasteiger partial charge on any atom is 0.201 e. The third-order valence-electron chi connectivity index (χ3n) is 5.16. The highest BCUT2D eigenvalue weighted by Crippen LogP contribution is 2.51. The first-order valence-corrected chi connectivity index (χ1v) is 10.1. The Morgan fingerprint density at radius 2 is 1.56 bits per heavy atom. The maximum atomic E-state index is 11.8. The van der Waals surface area contributed by atoms with Gasteiger partial charge in [-0.15, -0.1) is 0 Å². The SMILES string of the molecule is CC1(C)OC(C)(C)C2(CO2)C1=O.Cc1cc(-c2ccc(Cl)cc2)ccc1Br. The fraction of sp³-hybridized carbons (Fsp3) is 0.409. The summed E-state index contributed by atoms with van der Waals surface area (Å²) in [7, 11) is 0. The summed E-state index contributed by atoms with van der Waals surface area (Å²) in [5, 5.41) is 0.771. The van der Waals surface area contributed by atoms with Crippen LogP contribution in [-0.4, -0.2) is 29.2 Å². The van der Waals surface area contributed by atoms with Gasteiger partial charge in [0.2, 0.25) is 5.78 Å². The van der Waals surface area contributed by atoms with Gasteiger partial charge in [-0.1, -0.05) is 51.8 Å². The van der Waals surface area contributed by atoms with Crippen molar-refractivity contribution < 1.29 is 14.3 Å². The number of carbonyl (C=O) groups is 1. The first kappa shape index (κ1) is 20.5. The molecule has 4 rings (SSSR count). The van der Waals surface area contributed by atoms with E-state index in [0.717, 1.165) is 9.50 Å². The number of hydrogen-bond donors (Lipinski definition) is 0. The van der Waals surface area contributed by atoms with Gasteiger partial charge in [-0.05, 0) is 69.5 Å². The number of carbonyl (C=O) groups excluding carboxylic acids is 1. The number of ketones is 1. The van der Waals surface area contributed by atoms with Crippen LogP contribution in [-0.2, 0) is 14.3 Å². The maximum absolute atomic E-state index is 11.8. The van der Waals surface area contributed by atoms with E-state index in [2.05, 4.69) is 41.1 Å². The van der Waals surface area contributed by atoms with Gasteiger partial charge in [0, 0.05) is 9.50 Å². The van der Waals surface area contributed by atoms with Crippen LogP contribution in [0.15, 0.2) is 46.9 Å². The molecule has 0 aliphatic carbocycles. The van der Waals surface area contributed by atoms with Crippen LogP contribution in [0.2, 0.25) is 5.02 Å². The Labute approximate surface area is 174 Å². The second-order valence-corrected chi connectivity index (χ2v) is 9.33. The van der Waals surface area contributed by atoms with E-state index in [1.54, 1.807) is 13.8 Å². The molecule has 2 aliphatic heterocycles. The predicted octanol–water partition coefficient (Wildman–Crippen LogP) is 5.99. The van der Waals surface area contributed by atoms with E-state index in [9.17, 15) is 4.79 Å². The Morgan fingerprint density at radius 1 is 1.00 bits per heavy atom. The summed E-state index contributed by atoms with van der Waals surface area (Å²) in [6.07, 6.45) is 0. The van der Waals surface area contributed by atoms with Crippen molar-refractivity contribution in [3.05, 3.63) is 57.5 Å². The number of ether oxygens (including phenoxy) is 2. The smallest absolute Gasteiger partial charge is 0.201 e. The van der Waals surface area contributed by atoms with Crippen molar-refractivity contribution in [3.8, 4) is 11.1 Å². The Bertz CT molecular complexity index is 868. The molecule has 2 aliphatic rings. The number of Topliss-reactive ketones (excluding diaryl/α,β-unsaturated/α-hetero) is 1. The molecule has 2 aromatic rings. The van der Waals surface area contributed by atoms with E-state index in [1.165, 1.54) is 16.7 Å². The molecule has 1 spiro atoms. The minimum atomic E-state index is -0.681. The van der Waals surface area contributed by atoms with E-state index in [4.69, 9.17) is 21.1 Å². The summed E-state index contributed by atoms with van der Waals surface area (Å²) in [5.41, 5.74) is 1.87. The molecule has 1 unspecified atom stereocenters. The topological polar surface area (TPSA) is 38.8 Å². The monoisotopic (exact) mass is 450 g/mol. The zero-order valence-electron chi connectivity index (χ0n) is 16.2. The van der Waals surface area contributed by atoms with Gasteiger partial charge in [0.1, 0.15) is 11.2 Å².